The maximum atomic E-state index is 12.7. The first-order chi connectivity index (χ1) is 29.5. The van der Waals surface area contributed by atoms with Gasteiger partial charge in [0.25, 0.3) is 0 Å². The number of unbranched alkanes of at least 4 members (excludes halogenated alkanes) is 22. The van der Waals surface area contributed by atoms with Crippen molar-refractivity contribution in [2.24, 2.45) is 0 Å². The molecular weight excluding hydrogens is 745 g/mol. The third kappa shape index (κ3) is 45.7. The van der Waals surface area contributed by atoms with Gasteiger partial charge in [-0.15, -0.1) is 0 Å². The summed E-state index contributed by atoms with van der Waals surface area (Å²) in [4.78, 5) is 37.9. The van der Waals surface area contributed by atoms with Crippen LogP contribution in [0.2, 0.25) is 0 Å². The Labute approximate surface area is 369 Å². The van der Waals surface area contributed by atoms with Crippen molar-refractivity contribution in [2.45, 2.75) is 226 Å². The molecule has 0 aliphatic rings. The third-order valence-electron chi connectivity index (χ3n) is 10.2. The highest BCUT2D eigenvalue weighted by Gasteiger charge is 2.19. The SMILES string of the molecule is CC\C=C/C=C\C=C/C=C\CCCCCC(=O)OC(COC(=O)CCCCC/C=C\C=C/CCCCCCCCC)COC(=O)CCCCC/C=C\CCCCCCCC. The topological polar surface area (TPSA) is 78.9 Å². The van der Waals surface area contributed by atoms with Gasteiger partial charge in [-0.1, -0.05) is 196 Å². The van der Waals surface area contributed by atoms with Crippen LogP contribution < -0.4 is 0 Å². The van der Waals surface area contributed by atoms with Crippen molar-refractivity contribution in [3.8, 4) is 0 Å². The van der Waals surface area contributed by atoms with Crippen LogP contribution >= 0.6 is 0 Å². The van der Waals surface area contributed by atoms with Crippen molar-refractivity contribution in [2.75, 3.05) is 13.2 Å². The summed E-state index contributed by atoms with van der Waals surface area (Å²) < 4.78 is 16.7. The lowest BCUT2D eigenvalue weighted by molar-refractivity contribution is -0.167. The van der Waals surface area contributed by atoms with E-state index < -0.39 is 6.10 Å². The van der Waals surface area contributed by atoms with Gasteiger partial charge < -0.3 is 14.2 Å². The molecule has 0 aliphatic carbocycles. The Kier molecular flexibility index (Phi) is 45.5. The molecule has 0 radical (unpaired) electrons. The van der Waals surface area contributed by atoms with Gasteiger partial charge in [-0.05, 0) is 89.9 Å². The van der Waals surface area contributed by atoms with Crippen molar-refractivity contribution >= 4 is 17.9 Å². The summed E-state index contributed by atoms with van der Waals surface area (Å²) >= 11 is 0. The van der Waals surface area contributed by atoms with Crippen molar-refractivity contribution in [3.05, 3.63) is 85.1 Å². The Hall–Kier alpha value is -3.41. The number of ether oxygens (including phenoxy) is 3. The van der Waals surface area contributed by atoms with Gasteiger partial charge in [0, 0.05) is 19.3 Å². The van der Waals surface area contributed by atoms with Crippen LogP contribution in [0.5, 0.6) is 0 Å². The second-order valence-corrected chi connectivity index (χ2v) is 16.1. The second-order valence-electron chi connectivity index (χ2n) is 16.1. The van der Waals surface area contributed by atoms with Gasteiger partial charge in [-0.25, -0.2) is 0 Å². The zero-order valence-corrected chi connectivity index (χ0v) is 38.9. The third-order valence-corrected chi connectivity index (χ3v) is 10.2. The minimum absolute atomic E-state index is 0.110. The number of hydrogen-bond donors (Lipinski definition) is 0. The first kappa shape index (κ1) is 56.6. The molecular formula is C54H90O6. The number of rotatable bonds is 43. The highest BCUT2D eigenvalue weighted by atomic mass is 16.6. The molecule has 6 heteroatoms. The standard InChI is InChI=1S/C54H90O6/c1-4-7-10-13-16-19-22-25-26-27-30-32-35-38-41-44-47-53(56)59-50-51(60-54(57)48-45-42-39-36-33-29-24-21-18-15-12-9-6-3)49-58-52(55)46-43-40-37-34-31-28-23-20-17-14-11-8-5-2/h9,12,15,18,21,24,26-33,51H,4-8,10-11,13-14,16-17,19-20,22-23,25,34-50H2,1-3H3/b12-9-,18-15-,24-21-,27-26-,31-28-,32-30-,33-29-. The van der Waals surface area contributed by atoms with E-state index in [-0.39, 0.29) is 37.5 Å². The van der Waals surface area contributed by atoms with E-state index in [0.29, 0.717) is 19.3 Å². The van der Waals surface area contributed by atoms with Crippen molar-refractivity contribution < 1.29 is 28.6 Å². The Balaban J connectivity index is 4.51. The van der Waals surface area contributed by atoms with E-state index in [4.69, 9.17) is 14.2 Å². The van der Waals surface area contributed by atoms with E-state index in [1.807, 2.05) is 36.5 Å². The molecule has 0 saturated carbocycles. The highest BCUT2D eigenvalue weighted by molar-refractivity contribution is 5.71. The summed E-state index contributed by atoms with van der Waals surface area (Å²) in [5.41, 5.74) is 0. The van der Waals surface area contributed by atoms with Crippen LogP contribution in [-0.2, 0) is 28.6 Å². The first-order valence-corrected chi connectivity index (χ1v) is 24.7. The predicted octanol–water partition coefficient (Wildman–Crippen LogP) is 16.0. The van der Waals surface area contributed by atoms with Gasteiger partial charge in [0.1, 0.15) is 13.2 Å². The molecule has 0 rings (SSSR count). The molecule has 0 amide bonds. The van der Waals surface area contributed by atoms with E-state index in [1.54, 1.807) is 0 Å². The number of hydrogen-bond acceptors (Lipinski definition) is 6. The minimum atomic E-state index is -0.813. The summed E-state index contributed by atoms with van der Waals surface area (Å²) in [6.07, 6.45) is 61.4. The van der Waals surface area contributed by atoms with Crippen LogP contribution in [-0.4, -0.2) is 37.2 Å². The molecule has 0 aliphatic heterocycles. The lowest BCUT2D eigenvalue weighted by atomic mass is 10.1. The van der Waals surface area contributed by atoms with Gasteiger partial charge in [-0.2, -0.15) is 0 Å². The average molecular weight is 835 g/mol. The summed E-state index contributed by atoms with van der Waals surface area (Å²) in [5, 5.41) is 0. The maximum absolute atomic E-state index is 12.7. The number of carbonyl (C=O) groups excluding carboxylic acids is 3. The van der Waals surface area contributed by atoms with Crippen LogP contribution in [0.4, 0.5) is 0 Å². The molecule has 342 valence electrons. The summed E-state index contributed by atoms with van der Waals surface area (Å²) in [6.45, 7) is 6.40. The minimum Gasteiger partial charge on any atom is -0.462 e. The predicted molar refractivity (Wildman–Crippen MR) is 256 cm³/mol. The molecule has 1 atom stereocenters. The molecule has 1 unspecified atom stereocenters. The Morgan fingerprint density at radius 1 is 0.350 bits per heavy atom. The van der Waals surface area contributed by atoms with Gasteiger partial charge >= 0.3 is 17.9 Å². The summed E-state index contributed by atoms with van der Waals surface area (Å²) in [6, 6.07) is 0. The highest BCUT2D eigenvalue weighted by Crippen LogP contribution is 2.12. The smallest absolute Gasteiger partial charge is 0.306 e. The normalized spacial score (nSPS) is 12.8. The van der Waals surface area contributed by atoms with E-state index in [2.05, 4.69) is 69.4 Å². The van der Waals surface area contributed by atoms with Crippen LogP contribution in [0.1, 0.15) is 220 Å². The monoisotopic (exact) mass is 835 g/mol. The molecule has 0 heterocycles. The fourth-order valence-corrected chi connectivity index (χ4v) is 6.50. The summed E-state index contributed by atoms with van der Waals surface area (Å²) in [5.74, 6) is -0.995. The largest absolute Gasteiger partial charge is 0.462 e. The molecule has 0 N–H and O–H groups in total. The first-order valence-electron chi connectivity index (χ1n) is 24.7. The van der Waals surface area contributed by atoms with E-state index in [0.717, 1.165) is 89.9 Å². The Bertz CT molecular complexity index is 1190. The lowest BCUT2D eigenvalue weighted by Crippen LogP contribution is -2.30. The molecule has 0 aromatic carbocycles. The van der Waals surface area contributed by atoms with Crippen LogP contribution in [0.15, 0.2) is 85.1 Å². The van der Waals surface area contributed by atoms with Crippen molar-refractivity contribution in [1.29, 1.82) is 0 Å². The molecule has 0 aromatic rings. The van der Waals surface area contributed by atoms with E-state index in [1.165, 1.54) is 83.5 Å². The molecule has 0 spiro atoms. The van der Waals surface area contributed by atoms with Gasteiger partial charge in [0.15, 0.2) is 6.10 Å². The summed E-state index contributed by atoms with van der Waals surface area (Å²) in [7, 11) is 0. The van der Waals surface area contributed by atoms with E-state index in [9.17, 15) is 14.4 Å². The van der Waals surface area contributed by atoms with Gasteiger partial charge in [0.2, 0.25) is 0 Å². The number of carbonyl (C=O) groups is 3. The van der Waals surface area contributed by atoms with Gasteiger partial charge in [-0.3, -0.25) is 14.4 Å². The Morgan fingerprint density at radius 2 is 0.667 bits per heavy atom. The zero-order valence-electron chi connectivity index (χ0n) is 38.9. The maximum Gasteiger partial charge on any atom is 0.306 e. The molecule has 6 nitrogen and oxygen atoms in total. The Morgan fingerprint density at radius 3 is 1.08 bits per heavy atom. The molecule has 0 saturated heterocycles. The van der Waals surface area contributed by atoms with Crippen molar-refractivity contribution in [3.63, 3.8) is 0 Å². The number of allylic oxidation sites excluding steroid dienone is 14. The molecule has 0 aromatic heterocycles. The van der Waals surface area contributed by atoms with Gasteiger partial charge in [0.05, 0.1) is 0 Å². The molecule has 0 bridgehead atoms. The van der Waals surface area contributed by atoms with Crippen molar-refractivity contribution in [1.82, 2.24) is 0 Å². The quantitative estimate of drug-likeness (QED) is 0.0200. The van der Waals surface area contributed by atoms with Crippen LogP contribution in [0, 0.1) is 0 Å². The second kappa shape index (κ2) is 48.3. The van der Waals surface area contributed by atoms with E-state index >= 15 is 0 Å². The van der Waals surface area contributed by atoms with Crippen LogP contribution in [0.25, 0.3) is 0 Å². The number of esters is 3. The molecule has 60 heavy (non-hydrogen) atoms. The fraction of sp³-hybridized carbons (Fsp3) is 0.685. The average Bonchev–Trinajstić information content (AvgIpc) is 3.24. The molecule has 0 fully saturated rings. The van der Waals surface area contributed by atoms with Crippen LogP contribution in [0.3, 0.4) is 0 Å². The zero-order chi connectivity index (χ0) is 43.7. The lowest BCUT2D eigenvalue weighted by Gasteiger charge is -2.18. The fourth-order valence-electron chi connectivity index (χ4n) is 6.50.